The van der Waals surface area contributed by atoms with Crippen molar-refractivity contribution in [3.8, 4) is 0 Å². The summed E-state index contributed by atoms with van der Waals surface area (Å²) >= 11 is 0. The van der Waals surface area contributed by atoms with Crippen LogP contribution in [0.4, 0.5) is 0 Å². The minimum Gasteiger partial charge on any atom is -0.413 e. The molecule has 0 N–H and O–H groups in total. The molecule has 0 aromatic rings. The minimum atomic E-state index is -1.72. The molecule has 0 unspecified atom stereocenters. The molecule has 0 aliphatic heterocycles. The van der Waals surface area contributed by atoms with Gasteiger partial charge >= 0.3 is 0 Å². The lowest BCUT2D eigenvalue weighted by atomic mass is 9.61. The summed E-state index contributed by atoms with van der Waals surface area (Å²) < 4.78 is 6.89. The molecule has 23 heavy (non-hydrogen) atoms. The van der Waals surface area contributed by atoms with Crippen LogP contribution in [0.2, 0.25) is 18.1 Å². The lowest BCUT2D eigenvalue weighted by molar-refractivity contribution is -0.115. The van der Waals surface area contributed by atoms with E-state index in [1.165, 1.54) is 24.8 Å². The molecule has 0 radical (unpaired) electrons. The first kappa shape index (κ1) is 17.4. The predicted molar refractivity (Wildman–Crippen MR) is 97.9 cm³/mol. The largest absolute Gasteiger partial charge is 0.413 e. The van der Waals surface area contributed by atoms with Gasteiger partial charge in [-0.3, -0.25) is 4.79 Å². The Hall–Kier alpha value is -0.413. The summed E-state index contributed by atoms with van der Waals surface area (Å²) in [6.45, 7) is 14.3. The molecule has 3 aliphatic carbocycles. The number of carbonyl (C=O) groups is 1. The smallest absolute Gasteiger partial charge is 0.192 e. The van der Waals surface area contributed by atoms with E-state index >= 15 is 0 Å². The monoisotopic (exact) mass is 334 g/mol. The third-order valence-corrected chi connectivity index (χ3v) is 12.0. The fourth-order valence-corrected chi connectivity index (χ4v) is 6.26. The van der Waals surface area contributed by atoms with E-state index in [0.717, 1.165) is 19.3 Å². The second-order valence-corrected chi connectivity index (χ2v) is 14.7. The molecule has 3 heteroatoms. The molecule has 0 bridgehead atoms. The lowest BCUT2D eigenvalue weighted by Crippen LogP contribution is -2.49. The summed E-state index contributed by atoms with van der Waals surface area (Å²) in [7, 11) is -1.72. The predicted octanol–water partition coefficient (Wildman–Crippen LogP) is 5.49. The number of rotatable bonds is 2. The van der Waals surface area contributed by atoms with Crippen LogP contribution in [0, 0.1) is 17.3 Å². The van der Waals surface area contributed by atoms with Crippen molar-refractivity contribution in [1.82, 2.24) is 0 Å². The lowest BCUT2D eigenvalue weighted by Gasteiger charge is -2.49. The summed E-state index contributed by atoms with van der Waals surface area (Å²) in [6, 6.07) is 0. The molecule has 130 valence electrons. The maximum Gasteiger partial charge on any atom is 0.192 e. The van der Waals surface area contributed by atoms with E-state index in [2.05, 4.69) is 40.8 Å². The van der Waals surface area contributed by atoms with Crippen LogP contribution in [0.3, 0.4) is 0 Å². The fourth-order valence-electron chi connectivity index (χ4n) is 4.81. The van der Waals surface area contributed by atoms with Crippen molar-refractivity contribution < 1.29 is 9.22 Å². The number of hydrogen-bond acceptors (Lipinski definition) is 2. The van der Waals surface area contributed by atoms with Gasteiger partial charge in [0.1, 0.15) is 0 Å². The molecule has 2 saturated carbocycles. The maximum absolute atomic E-state index is 11.8. The molecule has 0 heterocycles. The average Bonchev–Trinajstić information content (AvgIpc) is 2.71. The summed E-state index contributed by atoms with van der Waals surface area (Å²) in [5.41, 5.74) is 1.77. The van der Waals surface area contributed by atoms with Crippen LogP contribution in [0.25, 0.3) is 0 Å². The van der Waals surface area contributed by atoms with Crippen molar-refractivity contribution in [3.05, 3.63) is 11.6 Å². The van der Waals surface area contributed by atoms with Gasteiger partial charge in [0.15, 0.2) is 14.1 Å². The Morgan fingerprint density at radius 3 is 2.57 bits per heavy atom. The quantitative estimate of drug-likeness (QED) is 0.624. The van der Waals surface area contributed by atoms with Gasteiger partial charge < -0.3 is 4.43 Å². The highest BCUT2D eigenvalue weighted by atomic mass is 28.4. The zero-order chi connectivity index (χ0) is 17.0. The van der Waals surface area contributed by atoms with Gasteiger partial charge in [-0.2, -0.15) is 0 Å². The molecule has 2 fully saturated rings. The van der Waals surface area contributed by atoms with E-state index in [1.807, 2.05) is 6.08 Å². The summed E-state index contributed by atoms with van der Waals surface area (Å²) in [6.07, 6.45) is 9.08. The Bertz CT molecular complexity index is 528. The number of carbonyl (C=O) groups excluding carboxylic acids is 1. The van der Waals surface area contributed by atoms with E-state index in [-0.39, 0.29) is 5.04 Å². The summed E-state index contributed by atoms with van der Waals surface area (Å²) in [5.74, 6) is 1.70. The van der Waals surface area contributed by atoms with Crippen LogP contribution in [0.1, 0.15) is 66.2 Å². The molecule has 0 aromatic carbocycles. The number of fused-ring (bicyclic) bond motifs is 2. The van der Waals surface area contributed by atoms with Gasteiger partial charge in [-0.15, -0.1) is 0 Å². The Morgan fingerprint density at radius 1 is 1.22 bits per heavy atom. The molecule has 0 aromatic heterocycles. The molecule has 3 aliphatic rings. The highest BCUT2D eigenvalue weighted by Crippen LogP contribution is 2.58. The minimum absolute atomic E-state index is 0.276. The van der Waals surface area contributed by atoms with Crippen molar-refractivity contribution >= 4 is 14.1 Å². The first-order chi connectivity index (χ1) is 10.5. The first-order valence-electron chi connectivity index (χ1n) is 9.44. The van der Waals surface area contributed by atoms with Gasteiger partial charge in [-0.1, -0.05) is 33.3 Å². The van der Waals surface area contributed by atoms with E-state index in [0.29, 0.717) is 29.1 Å². The zero-order valence-electron chi connectivity index (χ0n) is 15.9. The van der Waals surface area contributed by atoms with E-state index in [9.17, 15) is 4.79 Å². The highest BCUT2D eigenvalue weighted by molar-refractivity contribution is 6.74. The Morgan fingerprint density at radius 2 is 1.91 bits per heavy atom. The Kier molecular flexibility index (Phi) is 4.20. The first-order valence-corrected chi connectivity index (χ1v) is 12.3. The molecule has 0 spiro atoms. The molecular formula is C20H34O2Si. The van der Waals surface area contributed by atoms with Gasteiger partial charge in [0.05, 0.1) is 6.10 Å². The maximum atomic E-state index is 11.8. The molecule has 4 atom stereocenters. The van der Waals surface area contributed by atoms with Crippen molar-refractivity contribution in [2.24, 2.45) is 17.3 Å². The van der Waals surface area contributed by atoms with Gasteiger partial charge in [0.2, 0.25) is 0 Å². The number of ketones is 1. The van der Waals surface area contributed by atoms with Crippen LogP contribution >= 0.6 is 0 Å². The highest BCUT2D eigenvalue weighted by Gasteiger charge is 2.54. The van der Waals surface area contributed by atoms with Crippen LogP contribution in [0.15, 0.2) is 11.6 Å². The number of hydrogen-bond donors (Lipinski definition) is 0. The van der Waals surface area contributed by atoms with Gasteiger partial charge in [0.25, 0.3) is 0 Å². The Balaban J connectivity index is 1.80. The number of allylic oxidation sites excluding steroid dienone is 2. The van der Waals surface area contributed by atoms with Crippen LogP contribution in [-0.4, -0.2) is 20.2 Å². The second kappa shape index (κ2) is 5.55. The topological polar surface area (TPSA) is 26.3 Å². The fraction of sp³-hybridized carbons (Fsp3) is 0.850. The van der Waals surface area contributed by atoms with Crippen molar-refractivity contribution in [3.63, 3.8) is 0 Å². The van der Waals surface area contributed by atoms with Crippen LogP contribution < -0.4 is 0 Å². The summed E-state index contributed by atoms with van der Waals surface area (Å²) in [5, 5.41) is 0.276. The van der Waals surface area contributed by atoms with E-state index < -0.39 is 8.32 Å². The van der Waals surface area contributed by atoms with Gasteiger partial charge in [-0.05, 0) is 73.6 Å². The molecular weight excluding hydrogens is 300 g/mol. The Labute approximate surface area is 143 Å². The SMILES string of the molecule is CC(C)(C)[Si](C)(C)O[C@H]1CC[C@H]2CC3=CC(=O)CC[C@@H]3C[C@@]21C. The van der Waals surface area contributed by atoms with Gasteiger partial charge in [-0.25, -0.2) is 0 Å². The van der Waals surface area contributed by atoms with E-state index in [1.54, 1.807) is 0 Å². The molecule has 2 nitrogen and oxygen atoms in total. The average molecular weight is 335 g/mol. The standard InChI is InChI=1S/C20H34O2Si/c1-19(2,3)23(5,6)22-18-10-8-16-11-15-12-17(21)9-7-14(15)13-20(16,18)4/h12,14,16,18H,7-11,13H2,1-6H3/t14-,16+,18+,20+/m1/s1. The molecule has 0 saturated heterocycles. The van der Waals surface area contributed by atoms with E-state index in [4.69, 9.17) is 4.43 Å². The van der Waals surface area contributed by atoms with Crippen molar-refractivity contribution in [1.29, 1.82) is 0 Å². The second-order valence-electron chi connectivity index (χ2n) is 9.98. The van der Waals surface area contributed by atoms with Crippen LogP contribution in [-0.2, 0) is 9.22 Å². The third kappa shape index (κ3) is 2.99. The summed E-state index contributed by atoms with van der Waals surface area (Å²) in [4.78, 5) is 11.8. The zero-order valence-corrected chi connectivity index (χ0v) is 16.9. The molecule has 3 rings (SSSR count). The molecule has 0 amide bonds. The third-order valence-electron chi connectivity index (χ3n) is 7.47. The van der Waals surface area contributed by atoms with Crippen molar-refractivity contribution in [2.45, 2.75) is 90.5 Å². The van der Waals surface area contributed by atoms with Gasteiger partial charge in [0, 0.05) is 6.42 Å². The van der Waals surface area contributed by atoms with Crippen LogP contribution in [0.5, 0.6) is 0 Å². The van der Waals surface area contributed by atoms with Crippen molar-refractivity contribution in [2.75, 3.05) is 0 Å². The normalized spacial score (nSPS) is 38.1.